The van der Waals surface area contributed by atoms with Crippen LogP contribution in [-0.4, -0.2) is 45.7 Å². The number of nitrogens with zero attached hydrogens (tertiary/aromatic N) is 1. The summed E-state index contributed by atoms with van der Waals surface area (Å²) >= 11 is 0. The third kappa shape index (κ3) is 5.18. The van der Waals surface area contributed by atoms with Gasteiger partial charge in [-0.05, 0) is 25.7 Å². The first-order valence-corrected chi connectivity index (χ1v) is 7.26. The molecule has 3 N–H and O–H groups in total. The second-order valence-corrected chi connectivity index (χ2v) is 5.27. The third-order valence-corrected chi connectivity index (χ3v) is 3.58. The number of H-pyrrole nitrogens is 1. The topological polar surface area (TPSA) is 104 Å². The van der Waals surface area contributed by atoms with Crippen molar-refractivity contribution in [3.05, 3.63) is 18.2 Å². The number of carbonyl (C=O) groups is 2. The van der Waals surface area contributed by atoms with E-state index in [-0.39, 0.29) is 24.9 Å². The maximum absolute atomic E-state index is 11.9. The number of aromatic nitrogens is 2. The minimum Gasteiger partial charge on any atom is -0.480 e. The van der Waals surface area contributed by atoms with Gasteiger partial charge in [-0.25, -0.2) is 9.78 Å². The van der Waals surface area contributed by atoms with Gasteiger partial charge in [-0.2, -0.15) is 0 Å². The molecule has 0 aliphatic carbocycles. The maximum atomic E-state index is 11.9. The number of aliphatic carboxylic acids is 1. The molecule has 0 aromatic carbocycles. The average molecular weight is 295 g/mol. The fraction of sp³-hybridized carbons (Fsp3) is 0.643. The van der Waals surface area contributed by atoms with Gasteiger partial charge < -0.3 is 20.1 Å². The van der Waals surface area contributed by atoms with Gasteiger partial charge in [0, 0.05) is 31.3 Å². The summed E-state index contributed by atoms with van der Waals surface area (Å²) in [5.41, 5.74) is 0.679. The molecule has 2 atom stereocenters. The van der Waals surface area contributed by atoms with Crippen molar-refractivity contribution >= 4 is 11.9 Å². The molecule has 1 amide bonds. The van der Waals surface area contributed by atoms with E-state index >= 15 is 0 Å². The molecule has 1 saturated heterocycles. The van der Waals surface area contributed by atoms with Gasteiger partial charge >= 0.3 is 5.97 Å². The molecule has 2 heterocycles. The van der Waals surface area contributed by atoms with Crippen LogP contribution in [0.3, 0.4) is 0 Å². The fourth-order valence-electron chi connectivity index (χ4n) is 2.41. The van der Waals surface area contributed by atoms with Crippen LogP contribution >= 0.6 is 0 Å². The lowest BCUT2D eigenvalue weighted by Crippen LogP contribution is -2.42. The van der Waals surface area contributed by atoms with Crippen LogP contribution in [0.5, 0.6) is 0 Å². The number of imidazole rings is 1. The van der Waals surface area contributed by atoms with Gasteiger partial charge in [0.25, 0.3) is 0 Å². The van der Waals surface area contributed by atoms with Crippen molar-refractivity contribution in [1.29, 1.82) is 0 Å². The normalized spacial score (nSPS) is 19.9. The van der Waals surface area contributed by atoms with Crippen LogP contribution in [0.4, 0.5) is 0 Å². The van der Waals surface area contributed by atoms with Crippen molar-refractivity contribution in [1.82, 2.24) is 15.3 Å². The number of nitrogens with one attached hydrogen (secondary N) is 2. The van der Waals surface area contributed by atoms with E-state index in [4.69, 9.17) is 9.84 Å². The van der Waals surface area contributed by atoms with Crippen LogP contribution in [0.2, 0.25) is 0 Å². The molecule has 116 valence electrons. The molecule has 0 radical (unpaired) electrons. The van der Waals surface area contributed by atoms with Crippen LogP contribution in [-0.2, 0) is 20.7 Å². The first kappa shape index (κ1) is 15.5. The van der Waals surface area contributed by atoms with Gasteiger partial charge in [-0.1, -0.05) is 0 Å². The monoisotopic (exact) mass is 295 g/mol. The summed E-state index contributed by atoms with van der Waals surface area (Å²) in [5, 5.41) is 11.7. The second-order valence-electron chi connectivity index (χ2n) is 5.27. The lowest BCUT2D eigenvalue weighted by atomic mass is 10.0. The molecule has 21 heavy (non-hydrogen) atoms. The highest BCUT2D eigenvalue weighted by Gasteiger charge is 2.22. The zero-order valence-electron chi connectivity index (χ0n) is 11.9. The van der Waals surface area contributed by atoms with Gasteiger partial charge in [-0.3, -0.25) is 4.79 Å². The summed E-state index contributed by atoms with van der Waals surface area (Å²) in [5.74, 6) is -1.30. The predicted octanol–water partition coefficient (Wildman–Crippen LogP) is 0.871. The fourth-order valence-corrected chi connectivity index (χ4v) is 2.41. The molecule has 2 rings (SSSR count). The molecule has 1 aromatic rings. The molecule has 0 spiro atoms. The second kappa shape index (κ2) is 7.78. The number of carboxylic acid groups (broad SMARTS) is 1. The minimum atomic E-state index is -1.05. The van der Waals surface area contributed by atoms with Gasteiger partial charge in [0.05, 0.1) is 12.4 Å². The first-order valence-electron chi connectivity index (χ1n) is 7.26. The molecule has 7 heteroatoms. The van der Waals surface area contributed by atoms with Gasteiger partial charge in [0.2, 0.25) is 5.91 Å². The van der Waals surface area contributed by atoms with Crippen molar-refractivity contribution in [2.24, 2.45) is 0 Å². The summed E-state index contributed by atoms with van der Waals surface area (Å²) in [7, 11) is 0. The van der Waals surface area contributed by atoms with E-state index < -0.39 is 12.0 Å². The number of carbonyl (C=O) groups excluding carboxylic acids is 1. The Morgan fingerprint density at radius 2 is 2.38 bits per heavy atom. The Morgan fingerprint density at radius 3 is 3.00 bits per heavy atom. The largest absolute Gasteiger partial charge is 0.480 e. The third-order valence-electron chi connectivity index (χ3n) is 3.58. The Morgan fingerprint density at radius 1 is 1.52 bits per heavy atom. The quantitative estimate of drug-likeness (QED) is 0.692. The smallest absolute Gasteiger partial charge is 0.326 e. The van der Waals surface area contributed by atoms with Gasteiger partial charge in [0.1, 0.15) is 6.04 Å². The van der Waals surface area contributed by atoms with Gasteiger partial charge in [-0.15, -0.1) is 0 Å². The number of hydrogen-bond acceptors (Lipinski definition) is 4. The first-order chi connectivity index (χ1) is 10.1. The summed E-state index contributed by atoms with van der Waals surface area (Å²) in [4.78, 5) is 29.7. The lowest BCUT2D eigenvalue weighted by Gasteiger charge is -2.22. The lowest BCUT2D eigenvalue weighted by molar-refractivity contribution is -0.141. The predicted molar refractivity (Wildman–Crippen MR) is 74.7 cm³/mol. The highest BCUT2D eigenvalue weighted by atomic mass is 16.5. The molecule has 1 aliphatic rings. The number of carboxylic acids is 1. The zero-order chi connectivity index (χ0) is 15.1. The van der Waals surface area contributed by atoms with Crippen molar-refractivity contribution in [3.63, 3.8) is 0 Å². The van der Waals surface area contributed by atoms with Crippen molar-refractivity contribution in [3.8, 4) is 0 Å². The molecule has 1 aromatic heterocycles. The van der Waals surface area contributed by atoms with Crippen LogP contribution in [0.25, 0.3) is 0 Å². The number of aromatic amines is 1. The molecular formula is C14H21N3O4. The highest BCUT2D eigenvalue weighted by Crippen LogP contribution is 2.16. The number of ether oxygens (including phenoxy) is 1. The molecule has 7 nitrogen and oxygen atoms in total. The van der Waals surface area contributed by atoms with Crippen molar-refractivity contribution in [2.45, 2.75) is 50.7 Å². The summed E-state index contributed by atoms with van der Waals surface area (Å²) in [6.45, 7) is 0.754. The Kier molecular flexibility index (Phi) is 5.74. The summed E-state index contributed by atoms with van der Waals surface area (Å²) in [6, 6.07) is -0.940. The van der Waals surface area contributed by atoms with Crippen LogP contribution in [0.1, 0.15) is 37.8 Å². The Labute approximate surface area is 123 Å². The van der Waals surface area contributed by atoms with E-state index in [1.54, 1.807) is 6.20 Å². The van der Waals surface area contributed by atoms with Crippen LogP contribution in [0, 0.1) is 0 Å². The Hall–Kier alpha value is -1.89. The van der Waals surface area contributed by atoms with Gasteiger partial charge in [0.15, 0.2) is 0 Å². The molecule has 0 saturated carbocycles. The number of hydrogen-bond donors (Lipinski definition) is 3. The SMILES string of the molecule is O=C(CCC1CCCCO1)N[C@H](Cc1cnc[nH]1)C(=O)O. The Balaban J connectivity index is 1.76. The number of amides is 1. The van der Waals surface area contributed by atoms with Crippen LogP contribution in [0.15, 0.2) is 12.5 Å². The van der Waals surface area contributed by atoms with Crippen molar-refractivity contribution in [2.75, 3.05) is 6.61 Å². The van der Waals surface area contributed by atoms with E-state index in [9.17, 15) is 9.59 Å². The van der Waals surface area contributed by atoms with E-state index in [0.29, 0.717) is 12.1 Å². The van der Waals surface area contributed by atoms with Crippen molar-refractivity contribution < 1.29 is 19.4 Å². The molecular weight excluding hydrogens is 274 g/mol. The van der Waals surface area contributed by atoms with E-state index in [1.807, 2.05) is 0 Å². The molecule has 1 unspecified atom stereocenters. The summed E-state index contributed by atoms with van der Waals surface area (Å²) < 4.78 is 5.56. The van der Waals surface area contributed by atoms with E-state index in [1.165, 1.54) is 6.33 Å². The summed E-state index contributed by atoms with van der Waals surface area (Å²) in [6.07, 6.45) is 7.47. The van der Waals surface area contributed by atoms with E-state index in [0.717, 1.165) is 25.9 Å². The standard InChI is InChI=1S/C14H21N3O4/c18-13(5-4-11-3-1-2-6-21-11)17-12(14(19)20)7-10-8-15-9-16-10/h8-9,11-12H,1-7H2,(H,15,16)(H,17,18)(H,19,20)/t11?,12-/m1/s1. The number of rotatable bonds is 7. The zero-order valence-corrected chi connectivity index (χ0v) is 11.9. The molecule has 1 fully saturated rings. The molecule has 1 aliphatic heterocycles. The minimum absolute atomic E-state index is 0.125. The van der Waals surface area contributed by atoms with E-state index in [2.05, 4.69) is 15.3 Å². The Bertz CT molecular complexity index is 455. The van der Waals surface area contributed by atoms with Crippen LogP contribution < -0.4 is 5.32 Å². The molecule has 0 bridgehead atoms. The highest BCUT2D eigenvalue weighted by molar-refractivity contribution is 5.83. The average Bonchev–Trinajstić information content (AvgIpc) is 2.98. The maximum Gasteiger partial charge on any atom is 0.326 e.